The highest BCUT2D eigenvalue weighted by atomic mass is 16.6. The van der Waals surface area contributed by atoms with Gasteiger partial charge >= 0.3 is 11.9 Å². The molecule has 2 N–H and O–H groups in total. The van der Waals surface area contributed by atoms with Crippen LogP contribution in [0.3, 0.4) is 0 Å². The van der Waals surface area contributed by atoms with E-state index in [0.717, 1.165) is 12.8 Å². The highest BCUT2D eigenvalue weighted by Crippen LogP contribution is 2.35. The van der Waals surface area contributed by atoms with E-state index in [-0.39, 0.29) is 49.9 Å². The predicted molar refractivity (Wildman–Crippen MR) is 157 cm³/mol. The zero-order chi connectivity index (χ0) is 31.7. The summed E-state index contributed by atoms with van der Waals surface area (Å²) in [5, 5.41) is 27.2. The molecule has 0 unspecified atom stereocenters. The van der Waals surface area contributed by atoms with Crippen LogP contribution in [0.15, 0.2) is 48.5 Å². The van der Waals surface area contributed by atoms with Crippen LogP contribution in [0.25, 0.3) is 0 Å². The van der Waals surface area contributed by atoms with E-state index in [2.05, 4.69) is 10.6 Å². The fraction of sp³-hybridized carbons (Fsp3) is 0.467. The summed E-state index contributed by atoms with van der Waals surface area (Å²) in [6.45, 7) is 0. The summed E-state index contributed by atoms with van der Waals surface area (Å²) in [5.41, 5.74) is -2.53. The number of hydrogen-bond donors (Lipinski definition) is 2. The molecule has 2 aliphatic rings. The third kappa shape index (κ3) is 7.94. The van der Waals surface area contributed by atoms with E-state index in [9.17, 15) is 39.4 Å². The van der Waals surface area contributed by atoms with Gasteiger partial charge in [-0.15, -0.1) is 0 Å². The first-order valence-corrected chi connectivity index (χ1v) is 14.6. The van der Waals surface area contributed by atoms with E-state index < -0.39 is 44.8 Å². The van der Waals surface area contributed by atoms with Gasteiger partial charge in [0, 0.05) is 35.6 Å². The van der Waals surface area contributed by atoms with Crippen molar-refractivity contribution in [3.63, 3.8) is 0 Å². The van der Waals surface area contributed by atoms with Crippen molar-refractivity contribution in [3.8, 4) is 0 Å². The molecular weight excluding hydrogens is 576 g/mol. The average molecular weight is 611 g/mol. The quantitative estimate of drug-likeness (QED) is 0.190. The Balaban J connectivity index is 1.36. The van der Waals surface area contributed by atoms with Crippen LogP contribution in [-0.2, 0) is 28.7 Å². The number of benzene rings is 2. The van der Waals surface area contributed by atoms with Crippen LogP contribution in [-0.4, -0.2) is 44.8 Å². The number of nitro groups is 2. The average Bonchev–Trinajstić information content (AvgIpc) is 3.01. The Morgan fingerprint density at radius 1 is 0.591 bits per heavy atom. The summed E-state index contributed by atoms with van der Waals surface area (Å²) in [5.74, 6) is -2.64. The van der Waals surface area contributed by atoms with E-state index in [4.69, 9.17) is 9.47 Å². The molecule has 0 atom stereocenters. The number of ether oxygens (including phenoxy) is 2. The number of nitrogens with one attached hydrogen (secondary N) is 2. The van der Waals surface area contributed by atoms with Crippen LogP contribution in [0, 0.1) is 20.2 Å². The molecule has 4 rings (SSSR count). The normalized spacial score (nSPS) is 17.0. The van der Waals surface area contributed by atoms with Crippen LogP contribution in [0.5, 0.6) is 0 Å². The van der Waals surface area contributed by atoms with Crippen LogP contribution < -0.4 is 10.6 Å². The van der Waals surface area contributed by atoms with Gasteiger partial charge in [-0.2, -0.15) is 0 Å². The van der Waals surface area contributed by atoms with E-state index in [0.29, 0.717) is 37.1 Å². The number of esters is 2. The molecule has 44 heavy (non-hydrogen) atoms. The summed E-state index contributed by atoms with van der Waals surface area (Å²) in [7, 11) is 0. The number of carbonyl (C=O) groups excluding carboxylic acids is 4. The van der Waals surface area contributed by atoms with E-state index in [1.165, 1.54) is 48.5 Å². The van der Waals surface area contributed by atoms with E-state index in [1.807, 2.05) is 0 Å². The second kappa shape index (κ2) is 14.1. The molecule has 2 aromatic carbocycles. The first kappa shape index (κ1) is 32.0. The molecule has 2 amide bonds. The highest BCUT2D eigenvalue weighted by molar-refractivity contribution is 6.00. The maximum absolute atomic E-state index is 13.3. The molecule has 234 valence electrons. The number of hydrogen-bond acceptors (Lipinski definition) is 10. The van der Waals surface area contributed by atoms with Crippen LogP contribution in [0.1, 0.15) is 77.0 Å². The van der Waals surface area contributed by atoms with Crippen LogP contribution >= 0.6 is 0 Å². The molecule has 2 aliphatic carbocycles. The molecule has 14 nitrogen and oxygen atoms in total. The molecule has 2 saturated carbocycles. The van der Waals surface area contributed by atoms with Crippen LogP contribution in [0.2, 0.25) is 0 Å². The van der Waals surface area contributed by atoms with Crippen molar-refractivity contribution in [1.82, 2.24) is 0 Å². The van der Waals surface area contributed by atoms with Crippen molar-refractivity contribution < 1.29 is 38.5 Å². The van der Waals surface area contributed by atoms with Gasteiger partial charge in [-0.3, -0.25) is 39.4 Å². The van der Waals surface area contributed by atoms with Crippen molar-refractivity contribution in [3.05, 3.63) is 68.8 Å². The first-order chi connectivity index (χ1) is 21.0. The number of anilines is 2. The lowest BCUT2D eigenvalue weighted by atomic mass is 9.83. The lowest BCUT2D eigenvalue weighted by Crippen LogP contribution is -2.49. The zero-order valence-electron chi connectivity index (χ0n) is 24.1. The predicted octanol–water partition coefficient (Wildman–Crippen LogP) is 5.35. The third-order valence-electron chi connectivity index (χ3n) is 7.97. The lowest BCUT2D eigenvalue weighted by Gasteiger charge is -2.36. The number of non-ortho nitro benzene ring substituents is 2. The molecule has 0 bridgehead atoms. The molecule has 0 spiro atoms. The first-order valence-electron chi connectivity index (χ1n) is 14.6. The Hall–Kier alpha value is -4.88. The van der Waals surface area contributed by atoms with Crippen molar-refractivity contribution in [2.45, 2.75) is 88.3 Å². The summed E-state index contributed by atoms with van der Waals surface area (Å²) >= 11 is 0. The molecule has 0 aliphatic heterocycles. The number of amides is 2. The van der Waals surface area contributed by atoms with Gasteiger partial charge in [0.05, 0.1) is 22.7 Å². The molecule has 2 fully saturated rings. The number of rotatable bonds is 11. The Morgan fingerprint density at radius 2 is 0.909 bits per heavy atom. The third-order valence-corrected chi connectivity index (χ3v) is 7.97. The second-order valence-corrected chi connectivity index (χ2v) is 11.1. The minimum Gasteiger partial charge on any atom is -0.449 e. The zero-order valence-corrected chi connectivity index (χ0v) is 24.1. The smallest absolute Gasteiger partial charge is 0.307 e. The van der Waals surface area contributed by atoms with Gasteiger partial charge in [0.25, 0.3) is 23.2 Å². The largest absolute Gasteiger partial charge is 0.449 e. The van der Waals surface area contributed by atoms with E-state index in [1.54, 1.807) is 0 Å². The molecule has 0 saturated heterocycles. The second-order valence-electron chi connectivity index (χ2n) is 11.1. The minimum absolute atomic E-state index is 0.132. The summed E-state index contributed by atoms with van der Waals surface area (Å²) in [6, 6.07) is 10.6. The Bertz CT molecular complexity index is 1290. The van der Waals surface area contributed by atoms with Crippen molar-refractivity contribution >= 4 is 46.5 Å². The molecule has 0 aromatic heterocycles. The van der Waals surface area contributed by atoms with E-state index >= 15 is 0 Å². The molecule has 0 heterocycles. The Labute approximate surface area is 252 Å². The van der Waals surface area contributed by atoms with Gasteiger partial charge in [0.2, 0.25) is 0 Å². The molecule has 0 radical (unpaired) electrons. The highest BCUT2D eigenvalue weighted by Gasteiger charge is 2.45. The summed E-state index contributed by atoms with van der Waals surface area (Å²) in [4.78, 5) is 73.1. The Morgan fingerprint density at radius 3 is 1.20 bits per heavy atom. The van der Waals surface area contributed by atoms with Gasteiger partial charge in [-0.1, -0.05) is 12.8 Å². The minimum atomic E-state index is -1.45. The SMILES string of the molecule is O=C(CCC(=O)OC1(C(=O)Nc2ccc([N+](=O)[O-])cc2)CCCCC1)OC1(C(=O)Nc2ccc([N+](=O)[O-])cc2)CCCCC1. The maximum atomic E-state index is 13.3. The summed E-state index contributed by atoms with van der Waals surface area (Å²) < 4.78 is 11.4. The van der Waals surface area contributed by atoms with Crippen molar-refractivity contribution in [2.75, 3.05) is 10.6 Å². The number of carbonyl (C=O) groups is 4. The van der Waals surface area contributed by atoms with Crippen LogP contribution in [0.4, 0.5) is 22.7 Å². The lowest BCUT2D eigenvalue weighted by molar-refractivity contribution is -0.385. The molecular formula is C30H34N4O10. The van der Waals surface area contributed by atoms with Gasteiger partial charge < -0.3 is 20.1 Å². The Kier molecular flexibility index (Phi) is 10.2. The topological polar surface area (TPSA) is 197 Å². The van der Waals surface area contributed by atoms with Gasteiger partial charge in [0.1, 0.15) is 0 Å². The molecule has 2 aromatic rings. The standard InChI is InChI=1S/C30H34N4O10/c35-25(43-29(17-3-1-4-18-29)27(37)31-21-7-11-23(12-8-21)33(39)40)15-16-26(36)44-30(19-5-2-6-20-30)28(38)32-22-9-13-24(14-10-22)34(41)42/h7-14H,1-6,15-20H2,(H,31,37)(H,32,38). The number of nitrogens with zero attached hydrogens (tertiary/aromatic N) is 2. The molecule has 14 heteroatoms. The fourth-order valence-corrected chi connectivity index (χ4v) is 5.56. The van der Waals surface area contributed by atoms with Crippen molar-refractivity contribution in [1.29, 1.82) is 0 Å². The number of nitro benzene ring substituents is 2. The van der Waals surface area contributed by atoms with Gasteiger partial charge in [0.15, 0.2) is 11.2 Å². The fourth-order valence-electron chi connectivity index (χ4n) is 5.56. The monoisotopic (exact) mass is 610 g/mol. The van der Waals surface area contributed by atoms with Gasteiger partial charge in [-0.05, 0) is 75.6 Å². The summed E-state index contributed by atoms with van der Waals surface area (Å²) in [6.07, 6.45) is 4.72. The van der Waals surface area contributed by atoms with Crippen molar-refractivity contribution in [2.24, 2.45) is 0 Å². The maximum Gasteiger partial charge on any atom is 0.307 e. The van der Waals surface area contributed by atoms with Gasteiger partial charge in [-0.25, -0.2) is 0 Å².